The van der Waals surface area contributed by atoms with Gasteiger partial charge in [-0.15, -0.1) is 0 Å². The molecule has 6 nitrogen and oxygen atoms in total. The predicted molar refractivity (Wildman–Crippen MR) is 99.4 cm³/mol. The van der Waals surface area contributed by atoms with E-state index in [1.54, 1.807) is 0 Å². The van der Waals surface area contributed by atoms with E-state index in [0.717, 1.165) is 56.0 Å². The number of nitrogens with zero attached hydrogens (tertiary/aromatic N) is 3. The number of ether oxygens (including phenoxy) is 1. The van der Waals surface area contributed by atoms with Crippen molar-refractivity contribution < 1.29 is 9.53 Å². The van der Waals surface area contributed by atoms with Gasteiger partial charge in [0.05, 0.1) is 17.9 Å². The van der Waals surface area contributed by atoms with Gasteiger partial charge in [0.25, 0.3) is 0 Å². The number of likely N-dealkylation sites (tertiary alicyclic amines) is 1. The summed E-state index contributed by atoms with van der Waals surface area (Å²) in [6, 6.07) is 10.7. The SMILES string of the molecule is Cc1cc(C)n(-c2cccc(CN3CCCC4(CC3)CNC(=O)O4)c2)n1. The Hall–Kier alpha value is -2.34. The van der Waals surface area contributed by atoms with Crippen molar-refractivity contribution in [2.45, 2.75) is 45.3 Å². The first-order valence-corrected chi connectivity index (χ1v) is 9.35. The summed E-state index contributed by atoms with van der Waals surface area (Å²) in [5.74, 6) is 0. The molecule has 1 amide bonds. The summed E-state index contributed by atoms with van der Waals surface area (Å²) in [6.45, 7) is 7.63. The molecule has 2 aromatic rings. The lowest BCUT2D eigenvalue weighted by Gasteiger charge is -2.25. The van der Waals surface area contributed by atoms with Crippen LogP contribution >= 0.6 is 0 Å². The zero-order valence-electron chi connectivity index (χ0n) is 15.5. The molecule has 1 unspecified atom stereocenters. The zero-order valence-corrected chi connectivity index (χ0v) is 15.5. The van der Waals surface area contributed by atoms with Crippen LogP contribution < -0.4 is 5.32 Å². The summed E-state index contributed by atoms with van der Waals surface area (Å²) >= 11 is 0. The number of carbonyl (C=O) groups is 1. The average Bonchev–Trinajstić information content (AvgIpc) is 3.07. The molecule has 0 bridgehead atoms. The number of hydrogen-bond donors (Lipinski definition) is 1. The van der Waals surface area contributed by atoms with Gasteiger partial charge in [-0.1, -0.05) is 12.1 Å². The Morgan fingerprint density at radius 3 is 2.85 bits per heavy atom. The third-order valence-corrected chi connectivity index (χ3v) is 5.43. The molecule has 3 heterocycles. The van der Waals surface area contributed by atoms with Gasteiger partial charge < -0.3 is 10.1 Å². The van der Waals surface area contributed by atoms with Crippen molar-refractivity contribution in [1.29, 1.82) is 0 Å². The highest BCUT2D eigenvalue weighted by Crippen LogP contribution is 2.29. The van der Waals surface area contributed by atoms with Gasteiger partial charge in [-0.3, -0.25) is 4.90 Å². The molecule has 4 rings (SSSR count). The van der Waals surface area contributed by atoms with Gasteiger partial charge in [0.15, 0.2) is 0 Å². The lowest BCUT2D eigenvalue weighted by molar-refractivity contribution is 0.0443. The first-order valence-electron chi connectivity index (χ1n) is 9.35. The van der Waals surface area contributed by atoms with Crippen LogP contribution in [0, 0.1) is 13.8 Å². The topological polar surface area (TPSA) is 59.4 Å². The van der Waals surface area contributed by atoms with Crippen molar-refractivity contribution in [1.82, 2.24) is 20.0 Å². The van der Waals surface area contributed by atoms with Crippen LogP contribution in [0.25, 0.3) is 5.69 Å². The Morgan fingerprint density at radius 2 is 2.12 bits per heavy atom. The first-order chi connectivity index (χ1) is 12.5. The number of alkyl carbamates (subject to hydrolysis) is 1. The summed E-state index contributed by atoms with van der Waals surface area (Å²) in [4.78, 5) is 13.9. The Labute approximate surface area is 154 Å². The number of hydrogen-bond acceptors (Lipinski definition) is 4. The molecule has 1 aromatic heterocycles. The minimum absolute atomic E-state index is 0.268. The molecule has 0 aliphatic carbocycles. The number of aryl methyl sites for hydroxylation is 2. The number of amides is 1. The van der Waals surface area contributed by atoms with E-state index >= 15 is 0 Å². The molecule has 26 heavy (non-hydrogen) atoms. The third-order valence-electron chi connectivity index (χ3n) is 5.43. The van der Waals surface area contributed by atoms with E-state index < -0.39 is 0 Å². The molecule has 0 radical (unpaired) electrons. The lowest BCUT2D eigenvalue weighted by Crippen LogP contribution is -2.34. The molecule has 1 atom stereocenters. The van der Waals surface area contributed by atoms with Crippen molar-refractivity contribution in [2.75, 3.05) is 19.6 Å². The monoisotopic (exact) mass is 354 g/mol. The van der Waals surface area contributed by atoms with Gasteiger partial charge in [0.2, 0.25) is 0 Å². The van der Waals surface area contributed by atoms with Gasteiger partial charge >= 0.3 is 6.09 Å². The second-order valence-corrected chi connectivity index (χ2v) is 7.56. The molecule has 2 saturated heterocycles. The van der Waals surface area contributed by atoms with E-state index in [0.29, 0.717) is 6.54 Å². The minimum Gasteiger partial charge on any atom is -0.441 e. The molecule has 6 heteroatoms. The van der Waals surface area contributed by atoms with Gasteiger partial charge in [-0.25, -0.2) is 9.48 Å². The number of aromatic nitrogens is 2. The van der Waals surface area contributed by atoms with Crippen molar-refractivity contribution in [3.05, 3.63) is 47.3 Å². The van der Waals surface area contributed by atoms with E-state index in [9.17, 15) is 4.79 Å². The maximum Gasteiger partial charge on any atom is 0.407 e. The number of carbonyl (C=O) groups excluding carboxylic acids is 1. The Balaban J connectivity index is 1.45. The highest BCUT2D eigenvalue weighted by molar-refractivity contribution is 5.70. The smallest absolute Gasteiger partial charge is 0.407 e. The summed E-state index contributed by atoms with van der Waals surface area (Å²) < 4.78 is 7.57. The molecular formula is C20H26N4O2. The van der Waals surface area contributed by atoms with Gasteiger partial charge in [0.1, 0.15) is 5.60 Å². The van der Waals surface area contributed by atoms with E-state index in [1.165, 1.54) is 5.56 Å². The fourth-order valence-electron chi connectivity index (χ4n) is 4.10. The van der Waals surface area contributed by atoms with E-state index in [1.807, 2.05) is 11.6 Å². The van der Waals surface area contributed by atoms with E-state index in [2.05, 4.69) is 52.6 Å². The summed E-state index contributed by atoms with van der Waals surface area (Å²) in [7, 11) is 0. The quantitative estimate of drug-likeness (QED) is 0.921. The molecule has 2 aliphatic rings. The average molecular weight is 354 g/mol. The molecule has 0 saturated carbocycles. The standard InChI is InChI=1S/C20H26N4O2/c1-15-11-16(2)24(22-15)18-6-3-5-17(12-18)13-23-9-4-7-20(8-10-23)14-21-19(25)26-20/h3,5-6,11-12H,4,7-10,13-14H2,1-2H3,(H,21,25). The fraction of sp³-hybridized carbons (Fsp3) is 0.500. The van der Waals surface area contributed by atoms with Gasteiger partial charge in [-0.2, -0.15) is 5.10 Å². The molecule has 1 aromatic carbocycles. The van der Waals surface area contributed by atoms with Crippen LogP contribution in [-0.4, -0.2) is 46.0 Å². The summed E-state index contributed by atoms with van der Waals surface area (Å²) in [5.41, 5.74) is 4.27. The van der Waals surface area contributed by atoms with Crippen molar-refractivity contribution >= 4 is 6.09 Å². The fourth-order valence-corrected chi connectivity index (χ4v) is 4.10. The molecule has 2 fully saturated rings. The lowest BCUT2D eigenvalue weighted by atomic mass is 9.95. The number of nitrogens with one attached hydrogen (secondary N) is 1. The van der Waals surface area contributed by atoms with Crippen molar-refractivity contribution in [3.63, 3.8) is 0 Å². The maximum absolute atomic E-state index is 11.4. The van der Waals surface area contributed by atoms with Crippen LogP contribution in [-0.2, 0) is 11.3 Å². The molecule has 1 N–H and O–H groups in total. The summed E-state index contributed by atoms with van der Waals surface area (Å²) in [6.07, 6.45) is 2.61. The predicted octanol–water partition coefficient (Wildman–Crippen LogP) is 2.95. The van der Waals surface area contributed by atoms with Crippen LogP contribution in [0.3, 0.4) is 0 Å². The van der Waals surface area contributed by atoms with Crippen LogP contribution in [0.4, 0.5) is 4.79 Å². The molecule has 1 spiro atoms. The maximum atomic E-state index is 11.4. The highest BCUT2D eigenvalue weighted by atomic mass is 16.6. The van der Waals surface area contributed by atoms with Crippen LogP contribution in [0.2, 0.25) is 0 Å². The largest absolute Gasteiger partial charge is 0.441 e. The van der Waals surface area contributed by atoms with E-state index in [-0.39, 0.29) is 11.7 Å². The third kappa shape index (κ3) is 3.46. The van der Waals surface area contributed by atoms with Crippen LogP contribution in [0.1, 0.15) is 36.2 Å². The first kappa shape index (κ1) is 17.1. The summed E-state index contributed by atoms with van der Waals surface area (Å²) in [5, 5.41) is 7.40. The van der Waals surface area contributed by atoms with Crippen molar-refractivity contribution in [3.8, 4) is 5.69 Å². The number of benzene rings is 1. The van der Waals surface area contributed by atoms with Gasteiger partial charge in [0, 0.05) is 25.2 Å². The second kappa shape index (κ2) is 6.76. The molecule has 138 valence electrons. The Morgan fingerprint density at radius 1 is 1.23 bits per heavy atom. The van der Waals surface area contributed by atoms with Gasteiger partial charge in [-0.05, 0) is 57.0 Å². The highest BCUT2D eigenvalue weighted by Gasteiger charge is 2.41. The molecular weight excluding hydrogens is 328 g/mol. The normalized spacial score (nSPS) is 23.7. The Bertz CT molecular complexity index is 816. The molecule has 2 aliphatic heterocycles. The number of rotatable bonds is 3. The van der Waals surface area contributed by atoms with Crippen LogP contribution in [0.15, 0.2) is 30.3 Å². The van der Waals surface area contributed by atoms with E-state index in [4.69, 9.17) is 4.74 Å². The zero-order chi connectivity index (χ0) is 18.1. The second-order valence-electron chi connectivity index (χ2n) is 7.56. The Kier molecular flexibility index (Phi) is 4.44. The van der Waals surface area contributed by atoms with Crippen molar-refractivity contribution in [2.24, 2.45) is 0 Å². The van der Waals surface area contributed by atoms with Crippen LogP contribution in [0.5, 0.6) is 0 Å². The minimum atomic E-state index is -0.294.